The summed E-state index contributed by atoms with van der Waals surface area (Å²) in [6.07, 6.45) is 6.07. The molecule has 0 radical (unpaired) electrons. The van der Waals surface area contributed by atoms with Gasteiger partial charge in [0.1, 0.15) is 6.04 Å². The van der Waals surface area contributed by atoms with Crippen LogP contribution < -0.4 is 10.6 Å². The fraction of sp³-hybridized carbons (Fsp3) is 0.188. The third-order valence-corrected chi connectivity index (χ3v) is 3.89. The number of imidazole rings is 1. The Kier molecular flexibility index (Phi) is 3.39. The number of aromatic amines is 1. The van der Waals surface area contributed by atoms with Gasteiger partial charge in [0.2, 0.25) is 5.91 Å². The van der Waals surface area contributed by atoms with Gasteiger partial charge in [0.25, 0.3) is 0 Å². The molecule has 1 atom stereocenters. The number of anilines is 1. The molecule has 7 nitrogen and oxygen atoms in total. The third kappa shape index (κ3) is 2.62. The van der Waals surface area contributed by atoms with E-state index >= 15 is 0 Å². The van der Waals surface area contributed by atoms with Gasteiger partial charge in [-0.15, -0.1) is 0 Å². The second kappa shape index (κ2) is 5.69. The first-order valence-electron chi connectivity index (χ1n) is 7.48. The topological polar surface area (TPSA) is 87.6 Å². The van der Waals surface area contributed by atoms with Crippen molar-refractivity contribution in [1.82, 2.24) is 25.1 Å². The van der Waals surface area contributed by atoms with E-state index in [-0.39, 0.29) is 5.91 Å². The summed E-state index contributed by atoms with van der Waals surface area (Å²) in [6.45, 7) is 0.751. The predicted octanol–water partition coefficient (Wildman–Crippen LogP) is 1.42. The molecule has 0 saturated carbocycles. The molecule has 4 rings (SSSR count). The first-order valence-corrected chi connectivity index (χ1v) is 7.48. The normalized spacial score (nSPS) is 16.8. The van der Waals surface area contributed by atoms with Crippen molar-refractivity contribution < 1.29 is 4.79 Å². The fourth-order valence-corrected chi connectivity index (χ4v) is 2.80. The number of hydrogen-bond acceptors (Lipinski definition) is 4. The zero-order chi connectivity index (χ0) is 15.6. The maximum Gasteiger partial charge on any atom is 0.247 e. The van der Waals surface area contributed by atoms with Crippen molar-refractivity contribution in [3.63, 3.8) is 0 Å². The molecule has 0 fully saturated rings. The highest BCUT2D eigenvalue weighted by atomic mass is 16.2. The van der Waals surface area contributed by atoms with Crippen molar-refractivity contribution in [2.45, 2.75) is 12.5 Å². The summed E-state index contributed by atoms with van der Waals surface area (Å²) >= 11 is 0. The summed E-state index contributed by atoms with van der Waals surface area (Å²) in [7, 11) is 0. The Balaban J connectivity index is 1.55. The summed E-state index contributed by atoms with van der Waals surface area (Å²) in [4.78, 5) is 19.9. The standard InChI is InChI=1S/C16H16N6O/c23-16(15-14-13(5-7-17-15)18-10-19-14)21-11-3-1-4-12(9-11)22-8-2-6-20-22/h1-4,6,8-10,15,17H,5,7H2,(H,18,19)(H,21,23). The van der Waals surface area contributed by atoms with Crippen LogP contribution in [-0.2, 0) is 11.2 Å². The maximum absolute atomic E-state index is 12.6. The second-order valence-electron chi connectivity index (χ2n) is 5.39. The van der Waals surface area contributed by atoms with Gasteiger partial charge in [-0.2, -0.15) is 5.10 Å². The van der Waals surface area contributed by atoms with E-state index in [1.165, 1.54) is 0 Å². The summed E-state index contributed by atoms with van der Waals surface area (Å²) in [5.41, 5.74) is 3.42. The summed E-state index contributed by atoms with van der Waals surface area (Å²) in [6, 6.07) is 9.00. The van der Waals surface area contributed by atoms with Crippen molar-refractivity contribution in [3.8, 4) is 5.69 Å². The second-order valence-corrected chi connectivity index (χ2v) is 5.39. The number of carbonyl (C=O) groups is 1. The van der Waals surface area contributed by atoms with Gasteiger partial charge in [-0.1, -0.05) is 6.07 Å². The van der Waals surface area contributed by atoms with Crippen LogP contribution in [0.4, 0.5) is 5.69 Å². The molecule has 3 N–H and O–H groups in total. The molecule has 116 valence electrons. The SMILES string of the molecule is O=C(Nc1cccc(-n2cccn2)c1)C1NCCc2[nH]cnc21. The maximum atomic E-state index is 12.6. The quantitative estimate of drug-likeness (QED) is 0.683. The first kappa shape index (κ1) is 13.7. The molecule has 7 heteroatoms. The number of nitrogens with one attached hydrogen (secondary N) is 3. The monoisotopic (exact) mass is 308 g/mol. The highest BCUT2D eigenvalue weighted by Crippen LogP contribution is 2.21. The molecule has 23 heavy (non-hydrogen) atoms. The van der Waals surface area contributed by atoms with Gasteiger partial charge in [-0.25, -0.2) is 9.67 Å². The Labute approximate surface area is 132 Å². The molecule has 0 bridgehead atoms. The van der Waals surface area contributed by atoms with E-state index in [1.807, 2.05) is 36.5 Å². The van der Waals surface area contributed by atoms with Crippen LogP contribution in [0, 0.1) is 0 Å². The third-order valence-electron chi connectivity index (χ3n) is 3.89. The molecular formula is C16H16N6O. The molecule has 1 amide bonds. The predicted molar refractivity (Wildman–Crippen MR) is 85.2 cm³/mol. The van der Waals surface area contributed by atoms with Gasteiger partial charge in [-0.3, -0.25) is 4.79 Å². The molecule has 0 spiro atoms. The van der Waals surface area contributed by atoms with Crippen LogP contribution in [0.2, 0.25) is 0 Å². The Morgan fingerprint density at radius 2 is 2.30 bits per heavy atom. The van der Waals surface area contributed by atoms with E-state index in [2.05, 4.69) is 25.7 Å². The highest BCUT2D eigenvalue weighted by molar-refractivity contribution is 5.95. The first-order chi connectivity index (χ1) is 11.3. The van der Waals surface area contributed by atoms with Crippen LogP contribution in [0.25, 0.3) is 5.69 Å². The molecular weight excluding hydrogens is 292 g/mol. The minimum atomic E-state index is -0.432. The largest absolute Gasteiger partial charge is 0.348 e. The number of aromatic nitrogens is 4. The van der Waals surface area contributed by atoms with E-state index in [1.54, 1.807) is 17.2 Å². The van der Waals surface area contributed by atoms with E-state index in [4.69, 9.17) is 0 Å². The summed E-state index contributed by atoms with van der Waals surface area (Å²) < 4.78 is 1.75. The van der Waals surface area contributed by atoms with Crippen molar-refractivity contribution in [1.29, 1.82) is 0 Å². The highest BCUT2D eigenvalue weighted by Gasteiger charge is 2.28. The number of benzene rings is 1. The van der Waals surface area contributed by atoms with Gasteiger partial charge in [0.15, 0.2) is 0 Å². The number of amides is 1. The minimum Gasteiger partial charge on any atom is -0.348 e. The van der Waals surface area contributed by atoms with E-state index in [9.17, 15) is 4.79 Å². The Morgan fingerprint density at radius 1 is 1.35 bits per heavy atom. The van der Waals surface area contributed by atoms with Gasteiger partial charge < -0.3 is 15.6 Å². The van der Waals surface area contributed by atoms with Crippen molar-refractivity contribution in [2.24, 2.45) is 0 Å². The minimum absolute atomic E-state index is 0.115. The lowest BCUT2D eigenvalue weighted by Crippen LogP contribution is -2.38. The summed E-state index contributed by atoms with van der Waals surface area (Å²) in [5.74, 6) is -0.115. The van der Waals surface area contributed by atoms with Crippen molar-refractivity contribution >= 4 is 11.6 Å². The van der Waals surface area contributed by atoms with Crippen LogP contribution >= 0.6 is 0 Å². The van der Waals surface area contributed by atoms with Gasteiger partial charge >= 0.3 is 0 Å². The average Bonchev–Trinajstić information content (AvgIpc) is 3.26. The molecule has 0 aliphatic carbocycles. The molecule has 1 aromatic carbocycles. The molecule has 2 aromatic heterocycles. The lowest BCUT2D eigenvalue weighted by atomic mass is 10.0. The van der Waals surface area contributed by atoms with Crippen LogP contribution in [-0.4, -0.2) is 32.2 Å². The van der Waals surface area contributed by atoms with Gasteiger partial charge in [0.05, 0.1) is 17.7 Å². The molecule has 3 heterocycles. The molecule has 0 saturated heterocycles. The molecule has 1 aliphatic heterocycles. The van der Waals surface area contributed by atoms with Crippen LogP contribution in [0.15, 0.2) is 49.1 Å². The van der Waals surface area contributed by atoms with E-state index in [0.717, 1.165) is 35.7 Å². The van der Waals surface area contributed by atoms with Crippen LogP contribution in [0.3, 0.4) is 0 Å². The van der Waals surface area contributed by atoms with E-state index < -0.39 is 6.04 Å². The van der Waals surface area contributed by atoms with Crippen molar-refractivity contribution in [2.75, 3.05) is 11.9 Å². The smallest absolute Gasteiger partial charge is 0.247 e. The van der Waals surface area contributed by atoms with Gasteiger partial charge in [-0.05, 0) is 24.3 Å². The number of carbonyl (C=O) groups excluding carboxylic acids is 1. The zero-order valence-electron chi connectivity index (χ0n) is 12.4. The Hall–Kier alpha value is -2.93. The molecule has 1 aliphatic rings. The van der Waals surface area contributed by atoms with Crippen LogP contribution in [0.5, 0.6) is 0 Å². The molecule has 3 aromatic rings. The van der Waals surface area contributed by atoms with Gasteiger partial charge in [0, 0.05) is 36.7 Å². The Morgan fingerprint density at radius 3 is 3.17 bits per heavy atom. The number of rotatable bonds is 3. The number of H-pyrrole nitrogens is 1. The molecule has 1 unspecified atom stereocenters. The number of fused-ring (bicyclic) bond motifs is 1. The average molecular weight is 308 g/mol. The lowest BCUT2D eigenvalue weighted by Gasteiger charge is -2.22. The summed E-state index contributed by atoms with van der Waals surface area (Å²) in [5, 5.41) is 10.4. The number of nitrogens with zero attached hydrogens (tertiary/aromatic N) is 3. The van der Waals surface area contributed by atoms with Crippen LogP contribution in [0.1, 0.15) is 17.4 Å². The fourth-order valence-electron chi connectivity index (χ4n) is 2.80. The van der Waals surface area contributed by atoms with Crippen molar-refractivity contribution in [3.05, 3.63) is 60.4 Å². The lowest BCUT2D eigenvalue weighted by molar-refractivity contribution is -0.118. The Bertz CT molecular complexity index is 823. The number of hydrogen-bond donors (Lipinski definition) is 3. The van der Waals surface area contributed by atoms with E-state index in [0.29, 0.717) is 0 Å². The zero-order valence-corrected chi connectivity index (χ0v) is 12.4.